The fourth-order valence-electron chi connectivity index (χ4n) is 2.72. The number of aryl methyl sites for hydroxylation is 1. The first-order chi connectivity index (χ1) is 11.1. The van der Waals surface area contributed by atoms with Crippen LogP contribution in [0.5, 0.6) is 5.75 Å². The molecule has 1 N–H and O–H groups in total. The number of hydrogen-bond donors (Lipinski definition) is 1. The number of hydrogen-bond acceptors (Lipinski definition) is 3. The fraction of sp³-hybridized carbons (Fsp3) is 0.211. The first kappa shape index (κ1) is 15.8. The van der Waals surface area contributed by atoms with Crippen LogP contribution in [0.25, 0.3) is 11.0 Å². The van der Waals surface area contributed by atoms with E-state index in [9.17, 15) is 9.90 Å². The average molecular weight is 373 g/mol. The first-order valence-corrected chi connectivity index (χ1v) is 8.40. The second-order valence-electron chi connectivity index (χ2n) is 5.56. The van der Waals surface area contributed by atoms with Crippen LogP contribution >= 0.6 is 15.9 Å². The number of carbonyl (C=O) groups is 1. The monoisotopic (exact) mass is 372 g/mol. The van der Waals surface area contributed by atoms with Gasteiger partial charge in [0.2, 0.25) is 0 Å². The Kier molecular flexibility index (Phi) is 4.53. The van der Waals surface area contributed by atoms with Gasteiger partial charge in [-0.2, -0.15) is 0 Å². The van der Waals surface area contributed by atoms with Gasteiger partial charge in [0.15, 0.2) is 5.78 Å². The lowest BCUT2D eigenvalue weighted by molar-refractivity contribution is 0.0992. The molecule has 3 aromatic rings. The highest BCUT2D eigenvalue weighted by molar-refractivity contribution is 9.10. The molecule has 0 bridgehead atoms. The summed E-state index contributed by atoms with van der Waals surface area (Å²) >= 11 is 3.46. The molecule has 23 heavy (non-hydrogen) atoms. The number of aromatic hydroxyl groups is 1. The molecule has 0 spiro atoms. The molecule has 1 heterocycles. The van der Waals surface area contributed by atoms with Crippen molar-refractivity contribution in [2.24, 2.45) is 0 Å². The van der Waals surface area contributed by atoms with E-state index in [2.05, 4.69) is 22.9 Å². The van der Waals surface area contributed by atoms with Gasteiger partial charge in [0.1, 0.15) is 17.1 Å². The summed E-state index contributed by atoms with van der Waals surface area (Å²) in [5, 5.41) is 10.2. The predicted molar refractivity (Wildman–Crippen MR) is 94.1 cm³/mol. The molecule has 3 rings (SSSR count). The third kappa shape index (κ3) is 3.32. The van der Waals surface area contributed by atoms with E-state index in [4.69, 9.17) is 4.42 Å². The van der Waals surface area contributed by atoms with Crippen molar-refractivity contribution < 1.29 is 14.3 Å². The molecule has 0 saturated heterocycles. The smallest absolute Gasteiger partial charge is 0.171 e. The van der Waals surface area contributed by atoms with Crippen molar-refractivity contribution in [1.29, 1.82) is 0 Å². The maximum Gasteiger partial charge on any atom is 0.171 e. The van der Waals surface area contributed by atoms with Gasteiger partial charge in [0.05, 0.1) is 5.56 Å². The first-order valence-electron chi connectivity index (χ1n) is 7.60. The van der Waals surface area contributed by atoms with Crippen LogP contribution in [0.2, 0.25) is 0 Å². The van der Waals surface area contributed by atoms with E-state index in [1.807, 2.05) is 18.2 Å². The van der Waals surface area contributed by atoms with Crippen molar-refractivity contribution in [3.05, 3.63) is 63.8 Å². The fourth-order valence-corrected chi connectivity index (χ4v) is 3.08. The maximum absolute atomic E-state index is 12.8. The minimum Gasteiger partial charge on any atom is -0.508 e. The molecule has 1 aromatic heterocycles. The van der Waals surface area contributed by atoms with Crippen molar-refractivity contribution in [1.82, 2.24) is 0 Å². The van der Waals surface area contributed by atoms with Gasteiger partial charge in [-0.1, -0.05) is 35.0 Å². The zero-order valence-electron chi connectivity index (χ0n) is 12.8. The van der Waals surface area contributed by atoms with Gasteiger partial charge < -0.3 is 9.52 Å². The van der Waals surface area contributed by atoms with E-state index < -0.39 is 0 Å². The number of ketones is 1. The summed E-state index contributed by atoms with van der Waals surface area (Å²) in [6.07, 6.45) is 1.95. The van der Waals surface area contributed by atoms with Gasteiger partial charge in [0, 0.05) is 22.7 Å². The van der Waals surface area contributed by atoms with Gasteiger partial charge in [-0.25, -0.2) is 0 Å². The number of halogens is 1. The van der Waals surface area contributed by atoms with Crippen molar-refractivity contribution in [3.63, 3.8) is 0 Å². The lowest BCUT2D eigenvalue weighted by Gasteiger charge is -2.03. The van der Waals surface area contributed by atoms with Crippen LogP contribution in [0.1, 0.15) is 35.0 Å². The Morgan fingerprint density at radius 3 is 2.61 bits per heavy atom. The van der Waals surface area contributed by atoms with Gasteiger partial charge in [0.25, 0.3) is 0 Å². The lowest BCUT2D eigenvalue weighted by Crippen LogP contribution is -2.05. The van der Waals surface area contributed by atoms with E-state index in [0.717, 1.165) is 39.6 Å². The quantitative estimate of drug-likeness (QED) is 0.619. The summed E-state index contributed by atoms with van der Waals surface area (Å²) in [6.45, 7) is 2.07. The summed E-state index contributed by atoms with van der Waals surface area (Å²) in [4.78, 5) is 12.8. The zero-order chi connectivity index (χ0) is 16.4. The third-order valence-electron chi connectivity index (χ3n) is 3.78. The van der Waals surface area contributed by atoms with Crippen molar-refractivity contribution >= 4 is 32.7 Å². The summed E-state index contributed by atoms with van der Waals surface area (Å²) < 4.78 is 6.81. The van der Waals surface area contributed by atoms with Crippen LogP contribution in [-0.2, 0) is 12.8 Å². The molecule has 0 atom stereocenters. The second-order valence-corrected chi connectivity index (χ2v) is 6.47. The molecule has 0 saturated carbocycles. The maximum atomic E-state index is 12.8. The average Bonchev–Trinajstić information content (AvgIpc) is 2.87. The van der Waals surface area contributed by atoms with Crippen LogP contribution in [-0.4, -0.2) is 10.9 Å². The van der Waals surface area contributed by atoms with Crippen LogP contribution < -0.4 is 0 Å². The molecule has 0 aliphatic rings. The Hall–Kier alpha value is -2.07. The molecule has 2 aromatic carbocycles. The summed E-state index contributed by atoms with van der Waals surface area (Å²) in [7, 11) is 0. The Labute approximate surface area is 143 Å². The number of fused-ring (bicyclic) bond motifs is 1. The highest BCUT2D eigenvalue weighted by atomic mass is 79.9. The molecule has 4 heteroatoms. The lowest BCUT2D eigenvalue weighted by atomic mass is 9.99. The number of carbonyl (C=O) groups excluding carboxylic acids is 1. The van der Waals surface area contributed by atoms with Crippen molar-refractivity contribution in [2.45, 2.75) is 26.2 Å². The molecule has 118 valence electrons. The number of furan rings is 1. The Morgan fingerprint density at radius 1 is 1.17 bits per heavy atom. The summed E-state index contributed by atoms with van der Waals surface area (Å²) in [5.74, 6) is 0.992. The van der Waals surface area contributed by atoms with E-state index in [-0.39, 0.29) is 18.0 Å². The van der Waals surface area contributed by atoms with E-state index in [1.165, 1.54) is 0 Å². The van der Waals surface area contributed by atoms with Crippen LogP contribution in [0.4, 0.5) is 0 Å². The van der Waals surface area contributed by atoms with E-state index in [0.29, 0.717) is 5.56 Å². The highest BCUT2D eigenvalue weighted by Crippen LogP contribution is 2.30. The molecular formula is C19H17BrO3. The Bertz CT molecular complexity index is 847. The number of benzene rings is 2. The van der Waals surface area contributed by atoms with Crippen molar-refractivity contribution in [3.8, 4) is 5.75 Å². The second kappa shape index (κ2) is 6.59. The van der Waals surface area contributed by atoms with Gasteiger partial charge in [-0.05, 0) is 42.3 Å². The predicted octanol–water partition coefficient (Wildman–Crippen LogP) is 5.28. The van der Waals surface area contributed by atoms with E-state index in [1.54, 1.807) is 24.3 Å². The molecule has 3 nitrogen and oxygen atoms in total. The number of Topliss-reactive ketones (excluding diaryl/α,β-unsaturated/α-hetero) is 1. The SMILES string of the molecule is CCCc1oc2ccc(Br)cc2c1C(=O)Cc1ccc(O)cc1. The van der Waals surface area contributed by atoms with Gasteiger partial charge in [-0.3, -0.25) is 4.79 Å². The van der Waals surface area contributed by atoms with Gasteiger partial charge in [-0.15, -0.1) is 0 Å². The van der Waals surface area contributed by atoms with Crippen LogP contribution in [0, 0.1) is 0 Å². The molecule has 0 aliphatic heterocycles. The third-order valence-corrected chi connectivity index (χ3v) is 4.27. The normalized spacial score (nSPS) is 11.0. The molecular weight excluding hydrogens is 356 g/mol. The highest BCUT2D eigenvalue weighted by Gasteiger charge is 2.20. The van der Waals surface area contributed by atoms with Crippen LogP contribution in [0.15, 0.2) is 51.4 Å². The van der Waals surface area contributed by atoms with Crippen molar-refractivity contribution in [2.75, 3.05) is 0 Å². The summed E-state index contributed by atoms with van der Waals surface area (Å²) in [5.41, 5.74) is 2.29. The minimum absolute atomic E-state index is 0.0380. The number of rotatable bonds is 5. The molecule has 0 radical (unpaired) electrons. The standard InChI is InChI=1S/C19H17BrO3/c1-2-3-18-19(15-11-13(20)6-9-17(15)23-18)16(22)10-12-4-7-14(21)8-5-12/h4-9,11,21H,2-3,10H2,1H3. The molecule has 0 unspecified atom stereocenters. The largest absolute Gasteiger partial charge is 0.508 e. The topological polar surface area (TPSA) is 50.4 Å². The summed E-state index contributed by atoms with van der Waals surface area (Å²) in [6, 6.07) is 12.5. The number of phenols is 1. The Balaban J connectivity index is 2.02. The zero-order valence-corrected chi connectivity index (χ0v) is 14.4. The molecule has 0 aliphatic carbocycles. The van der Waals surface area contributed by atoms with E-state index >= 15 is 0 Å². The number of phenolic OH excluding ortho intramolecular Hbond substituents is 1. The van der Waals surface area contributed by atoms with Crippen LogP contribution in [0.3, 0.4) is 0 Å². The Morgan fingerprint density at radius 2 is 1.91 bits per heavy atom. The van der Waals surface area contributed by atoms with Gasteiger partial charge >= 0.3 is 0 Å². The molecule has 0 amide bonds. The minimum atomic E-state index is 0.0380. The molecule has 0 fully saturated rings.